The molecule has 1 aliphatic heterocycles. The van der Waals surface area contributed by atoms with Crippen LogP contribution in [0.25, 0.3) is 0 Å². The van der Waals surface area contributed by atoms with Gasteiger partial charge in [0.15, 0.2) is 5.69 Å². The fourth-order valence-electron chi connectivity index (χ4n) is 1.72. The SMILES string of the molecule is CNC(=O)c1ccc(NC2CCCOC2)nn1. The number of aromatic nitrogens is 2. The van der Waals surface area contributed by atoms with E-state index < -0.39 is 0 Å². The lowest BCUT2D eigenvalue weighted by molar-refractivity contribution is 0.0874. The molecule has 0 saturated carbocycles. The average Bonchev–Trinajstić information content (AvgIpc) is 2.40. The van der Waals surface area contributed by atoms with Gasteiger partial charge in [-0.3, -0.25) is 4.79 Å². The molecule has 1 atom stereocenters. The van der Waals surface area contributed by atoms with Gasteiger partial charge < -0.3 is 15.4 Å². The van der Waals surface area contributed by atoms with Crippen LogP contribution in [0.4, 0.5) is 5.82 Å². The molecule has 6 heteroatoms. The maximum Gasteiger partial charge on any atom is 0.271 e. The van der Waals surface area contributed by atoms with Gasteiger partial charge in [0.2, 0.25) is 0 Å². The first kappa shape index (κ1) is 11.8. The van der Waals surface area contributed by atoms with Crippen molar-refractivity contribution in [3.8, 4) is 0 Å². The monoisotopic (exact) mass is 236 g/mol. The summed E-state index contributed by atoms with van der Waals surface area (Å²) in [5.41, 5.74) is 0.318. The van der Waals surface area contributed by atoms with Crippen LogP contribution < -0.4 is 10.6 Å². The van der Waals surface area contributed by atoms with Crippen molar-refractivity contribution in [1.82, 2.24) is 15.5 Å². The maximum absolute atomic E-state index is 11.3. The van der Waals surface area contributed by atoms with E-state index in [9.17, 15) is 4.79 Å². The number of carbonyl (C=O) groups is 1. The minimum Gasteiger partial charge on any atom is -0.379 e. The zero-order valence-corrected chi connectivity index (χ0v) is 9.77. The molecule has 0 spiro atoms. The Balaban J connectivity index is 1.95. The lowest BCUT2D eigenvalue weighted by Crippen LogP contribution is -2.30. The Morgan fingerprint density at radius 2 is 2.35 bits per heavy atom. The third-order valence-electron chi connectivity index (χ3n) is 2.64. The summed E-state index contributed by atoms with van der Waals surface area (Å²) in [5, 5.41) is 13.5. The molecule has 1 saturated heterocycles. The smallest absolute Gasteiger partial charge is 0.271 e. The predicted octanol–water partition coefficient (Wildman–Crippen LogP) is 0.427. The largest absolute Gasteiger partial charge is 0.379 e. The summed E-state index contributed by atoms with van der Waals surface area (Å²) >= 11 is 0. The molecule has 2 rings (SSSR count). The highest BCUT2D eigenvalue weighted by Crippen LogP contribution is 2.11. The minimum absolute atomic E-state index is 0.231. The highest BCUT2D eigenvalue weighted by atomic mass is 16.5. The summed E-state index contributed by atoms with van der Waals surface area (Å²) in [6.07, 6.45) is 2.13. The van der Waals surface area contributed by atoms with Crippen LogP contribution in [-0.4, -0.2) is 42.4 Å². The second-order valence-corrected chi connectivity index (χ2v) is 3.94. The molecular formula is C11H16N4O2. The number of amides is 1. The van der Waals surface area contributed by atoms with Crippen LogP contribution in [0.2, 0.25) is 0 Å². The summed E-state index contributed by atoms with van der Waals surface area (Å²) in [6, 6.07) is 3.69. The molecule has 1 fully saturated rings. The van der Waals surface area contributed by atoms with Gasteiger partial charge in [0.1, 0.15) is 5.82 Å². The molecular weight excluding hydrogens is 220 g/mol. The normalized spacial score (nSPS) is 19.7. The molecule has 1 aliphatic rings. The van der Waals surface area contributed by atoms with E-state index in [0.29, 0.717) is 18.1 Å². The number of hydrogen-bond acceptors (Lipinski definition) is 5. The van der Waals surface area contributed by atoms with Crippen molar-refractivity contribution in [2.75, 3.05) is 25.6 Å². The first-order chi connectivity index (χ1) is 8.29. The Bertz CT molecular complexity index is 374. The van der Waals surface area contributed by atoms with Gasteiger partial charge in [0.25, 0.3) is 5.91 Å². The van der Waals surface area contributed by atoms with E-state index in [2.05, 4.69) is 20.8 Å². The van der Waals surface area contributed by atoms with E-state index >= 15 is 0 Å². The van der Waals surface area contributed by atoms with Gasteiger partial charge in [0.05, 0.1) is 12.6 Å². The van der Waals surface area contributed by atoms with Crippen LogP contribution in [0, 0.1) is 0 Å². The minimum atomic E-state index is -0.231. The molecule has 0 aliphatic carbocycles. The van der Waals surface area contributed by atoms with Gasteiger partial charge >= 0.3 is 0 Å². The van der Waals surface area contributed by atoms with E-state index in [-0.39, 0.29) is 11.9 Å². The van der Waals surface area contributed by atoms with Crippen LogP contribution in [-0.2, 0) is 4.74 Å². The number of anilines is 1. The summed E-state index contributed by atoms with van der Waals surface area (Å²) in [7, 11) is 1.57. The standard InChI is InChI=1S/C11H16N4O2/c1-12-11(16)9-4-5-10(15-14-9)13-8-3-2-6-17-7-8/h4-5,8H,2-3,6-7H2,1H3,(H,12,16)(H,13,15). The average molecular weight is 236 g/mol. The quantitative estimate of drug-likeness (QED) is 0.795. The number of nitrogens with one attached hydrogen (secondary N) is 2. The van der Waals surface area contributed by atoms with Gasteiger partial charge in [-0.1, -0.05) is 0 Å². The predicted molar refractivity (Wildman–Crippen MR) is 62.9 cm³/mol. The van der Waals surface area contributed by atoms with Gasteiger partial charge in [-0.2, -0.15) is 0 Å². The van der Waals surface area contributed by atoms with Crippen molar-refractivity contribution in [2.45, 2.75) is 18.9 Å². The van der Waals surface area contributed by atoms with Gasteiger partial charge in [-0.05, 0) is 25.0 Å². The molecule has 1 aromatic heterocycles. The highest BCUT2D eigenvalue weighted by molar-refractivity contribution is 5.91. The van der Waals surface area contributed by atoms with Gasteiger partial charge in [0, 0.05) is 13.7 Å². The second kappa shape index (κ2) is 5.58. The summed E-state index contributed by atoms with van der Waals surface area (Å²) in [5.74, 6) is 0.443. The van der Waals surface area contributed by atoms with Gasteiger partial charge in [-0.25, -0.2) is 0 Å². The Hall–Kier alpha value is -1.69. The van der Waals surface area contributed by atoms with E-state index in [1.807, 2.05) is 0 Å². The fraction of sp³-hybridized carbons (Fsp3) is 0.545. The van der Waals surface area contributed by atoms with Crippen molar-refractivity contribution in [3.05, 3.63) is 17.8 Å². The van der Waals surface area contributed by atoms with E-state index in [1.165, 1.54) is 0 Å². The molecule has 17 heavy (non-hydrogen) atoms. The third kappa shape index (κ3) is 3.13. The molecule has 1 aromatic rings. The lowest BCUT2D eigenvalue weighted by Gasteiger charge is -2.23. The molecule has 0 aromatic carbocycles. The van der Waals surface area contributed by atoms with Crippen LogP contribution in [0.3, 0.4) is 0 Å². The number of hydrogen-bond donors (Lipinski definition) is 2. The first-order valence-corrected chi connectivity index (χ1v) is 5.69. The fourth-order valence-corrected chi connectivity index (χ4v) is 1.72. The Morgan fingerprint density at radius 3 is 2.94 bits per heavy atom. The number of ether oxygens (including phenoxy) is 1. The molecule has 1 amide bonds. The Kier molecular flexibility index (Phi) is 3.87. The van der Waals surface area contributed by atoms with Crippen LogP contribution in [0.15, 0.2) is 12.1 Å². The first-order valence-electron chi connectivity index (χ1n) is 5.69. The molecule has 2 N–H and O–H groups in total. The van der Waals surface area contributed by atoms with Crippen LogP contribution in [0.5, 0.6) is 0 Å². The summed E-state index contributed by atoms with van der Waals surface area (Å²) in [6.45, 7) is 1.53. The molecule has 92 valence electrons. The number of carbonyl (C=O) groups excluding carboxylic acids is 1. The van der Waals surface area contributed by atoms with Crippen molar-refractivity contribution < 1.29 is 9.53 Å². The highest BCUT2D eigenvalue weighted by Gasteiger charge is 2.14. The Morgan fingerprint density at radius 1 is 1.47 bits per heavy atom. The topological polar surface area (TPSA) is 76.1 Å². The van der Waals surface area contributed by atoms with Crippen molar-refractivity contribution in [3.63, 3.8) is 0 Å². The van der Waals surface area contributed by atoms with E-state index in [4.69, 9.17) is 4.74 Å². The molecule has 2 heterocycles. The number of rotatable bonds is 3. The number of nitrogens with zero attached hydrogens (tertiary/aromatic N) is 2. The molecule has 1 unspecified atom stereocenters. The van der Waals surface area contributed by atoms with E-state index in [1.54, 1.807) is 19.2 Å². The molecule has 0 bridgehead atoms. The van der Waals surface area contributed by atoms with Crippen molar-refractivity contribution >= 4 is 11.7 Å². The molecule has 0 radical (unpaired) electrons. The van der Waals surface area contributed by atoms with Crippen LogP contribution in [0.1, 0.15) is 23.3 Å². The lowest BCUT2D eigenvalue weighted by atomic mass is 10.1. The van der Waals surface area contributed by atoms with Gasteiger partial charge in [-0.15, -0.1) is 10.2 Å². The third-order valence-corrected chi connectivity index (χ3v) is 2.64. The maximum atomic E-state index is 11.3. The molecule has 6 nitrogen and oxygen atoms in total. The van der Waals surface area contributed by atoms with Crippen molar-refractivity contribution in [2.24, 2.45) is 0 Å². The summed E-state index contributed by atoms with van der Waals surface area (Å²) < 4.78 is 5.36. The zero-order chi connectivity index (χ0) is 12.1. The van der Waals surface area contributed by atoms with Crippen molar-refractivity contribution in [1.29, 1.82) is 0 Å². The summed E-state index contributed by atoms with van der Waals surface area (Å²) in [4.78, 5) is 11.3. The van der Waals surface area contributed by atoms with Crippen LogP contribution >= 0.6 is 0 Å². The second-order valence-electron chi connectivity index (χ2n) is 3.94. The van der Waals surface area contributed by atoms with E-state index in [0.717, 1.165) is 19.4 Å². The Labute approximate surface area is 99.8 Å². The zero-order valence-electron chi connectivity index (χ0n) is 9.77.